The minimum Gasteiger partial charge on any atom is -0.459 e. The Balaban J connectivity index is 1.74. The smallest absolute Gasteiger partial charge is 0.308 e. The minimum atomic E-state index is -1.02. The Bertz CT molecular complexity index is 824. The van der Waals surface area contributed by atoms with Gasteiger partial charge in [0, 0.05) is 12.2 Å². The summed E-state index contributed by atoms with van der Waals surface area (Å²) < 4.78 is 9.94. The van der Waals surface area contributed by atoms with Crippen LogP contribution < -0.4 is 10.6 Å². The summed E-state index contributed by atoms with van der Waals surface area (Å²) in [5, 5.41) is 13.9. The maximum Gasteiger partial charge on any atom is 0.308 e. The third-order valence-electron chi connectivity index (χ3n) is 3.30. The summed E-state index contributed by atoms with van der Waals surface area (Å²) in [6.07, 6.45) is 0.262. The molecule has 0 aliphatic rings. The third-order valence-corrected chi connectivity index (χ3v) is 3.30. The second-order valence-corrected chi connectivity index (χ2v) is 5.30. The molecule has 8 heteroatoms. The van der Waals surface area contributed by atoms with Gasteiger partial charge in [-0.05, 0) is 37.3 Å². The van der Waals surface area contributed by atoms with Crippen molar-refractivity contribution >= 4 is 23.5 Å². The lowest BCUT2D eigenvalue weighted by Gasteiger charge is -2.13. The zero-order valence-electron chi connectivity index (χ0n) is 14.0. The molecule has 0 spiro atoms. The van der Waals surface area contributed by atoms with Gasteiger partial charge in [-0.2, -0.15) is 5.26 Å². The number of nitrogens with zero attached hydrogens (tertiary/aromatic N) is 1. The van der Waals surface area contributed by atoms with Gasteiger partial charge in [-0.15, -0.1) is 0 Å². The molecule has 134 valence electrons. The number of carbonyl (C=O) groups is 3. The zero-order valence-corrected chi connectivity index (χ0v) is 14.0. The number of anilines is 1. The minimum absolute atomic E-state index is 0.0525. The highest BCUT2D eigenvalue weighted by atomic mass is 16.5. The van der Waals surface area contributed by atoms with Crippen LogP contribution in [0, 0.1) is 11.3 Å². The molecule has 0 fully saturated rings. The molecule has 2 N–H and O–H groups in total. The monoisotopic (exact) mass is 355 g/mol. The number of hydrogen-bond acceptors (Lipinski definition) is 6. The van der Waals surface area contributed by atoms with E-state index in [9.17, 15) is 14.4 Å². The first-order valence-electron chi connectivity index (χ1n) is 7.82. The van der Waals surface area contributed by atoms with Crippen molar-refractivity contribution in [2.45, 2.75) is 19.4 Å². The summed E-state index contributed by atoms with van der Waals surface area (Å²) in [5.41, 5.74) is 0.836. The molecule has 1 aromatic carbocycles. The molecule has 26 heavy (non-hydrogen) atoms. The highest BCUT2D eigenvalue weighted by Crippen LogP contribution is 2.10. The van der Waals surface area contributed by atoms with Gasteiger partial charge in [0.05, 0.1) is 24.3 Å². The highest BCUT2D eigenvalue weighted by molar-refractivity contribution is 5.95. The molecule has 2 aromatic rings. The molecule has 2 amide bonds. The molecule has 1 aromatic heterocycles. The fourth-order valence-electron chi connectivity index (χ4n) is 1.99. The fourth-order valence-corrected chi connectivity index (χ4v) is 1.99. The average Bonchev–Trinajstić information content (AvgIpc) is 3.16. The van der Waals surface area contributed by atoms with E-state index in [2.05, 4.69) is 10.6 Å². The van der Waals surface area contributed by atoms with Gasteiger partial charge in [0.1, 0.15) is 0 Å². The van der Waals surface area contributed by atoms with Gasteiger partial charge in [0.15, 0.2) is 11.9 Å². The Hall–Kier alpha value is -3.60. The second-order valence-electron chi connectivity index (χ2n) is 5.30. The maximum absolute atomic E-state index is 12.0. The van der Waals surface area contributed by atoms with Crippen molar-refractivity contribution < 1.29 is 23.5 Å². The van der Waals surface area contributed by atoms with Crippen molar-refractivity contribution in [2.24, 2.45) is 0 Å². The largest absolute Gasteiger partial charge is 0.459 e. The number of nitrogens with one attached hydrogen (secondary N) is 2. The Kier molecular flexibility index (Phi) is 6.51. The number of furan rings is 1. The van der Waals surface area contributed by atoms with Gasteiger partial charge in [0.25, 0.3) is 11.8 Å². The topological polar surface area (TPSA) is 121 Å². The van der Waals surface area contributed by atoms with Crippen molar-refractivity contribution in [3.05, 3.63) is 54.0 Å². The molecule has 1 atom stereocenters. The molecular formula is C18H17N3O5. The lowest BCUT2D eigenvalue weighted by molar-refractivity contribution is -0.153. The SMILES string of the molecule is C[C@@H](OC(=O)CCNC(=O)c1ccco1)C(=O)Nc1cccc(C#N)c1. The second kappa shape index (κ2) is 9.03. The summed E-state index contributed by atoms with van der Waals surface area (Å²) >= 11 is 0. The van der Waals surface area contributed by atoms with Gasteiger partial charge in [-0.1, -0.05) is 6.07 Å². The fraction of sp³-hybridized carbons (Fsp3) is 0.222. The number of esters is 1. The van der Waals surface area contributed by atoms with E-state index in [0.717, 1.165) is 0 Å². The van der Waals surface area contributed by atoms with Gasteiger partial charge >= 0.3 is 5.97 Å². The van der Waals surface area contributed by atoms with E-state index in [1.165, 1.54) is 25.3 Å². The van der Waals surface area contributed by atoms with Crippen LogP contribution in [0.25, 0.3) is 0 Å². The van der Waals surface area contributed by atoms with Crippen molar-refractivity contribution in [3.8, 4) is 6.07 Å². The summed E-state index contributed by atoms with van der Waals surface area (Å²) in [6, 6.07) is 11.4. The predicted octanol–water partition coefficient (Wildman–Crippen LogP) is 1.84. The van der Waals surface area contributed by atoms with E-state index in [1.54, 1.807) is 24.3 Å². The first kappa shape index (κ1) is 18.7. The van der Waals surface area contributed by atoms with Crippen molar-refractivity contribution in [1.82, 2.24) is 5.32 Å². The molecule has 0 saturated heterocycles. The van der Waals surface area contributed by atoms with E-state index in [4.69, 9.17) is 14.4 Å². The van der Waals surface area contributed by atoms with E-state index in [1.807, 2.05) is 6.07 Å². The van der Waals surface area contributed by atoms with Gasteiger partial charge in [0.2, 0.25) is 0 Å². The molecule has 8 nitrogen and oxygen atoms in total. The van der Waals surface area contributed by atoms with Crippen LogP contribution in [0.5, 0.6) is 0 Å². The van der Waals surface area contributed by atoms with Crippen LogP contribution in [-0.2, 0) is 14.3 Å². The van der Waals surface area contributed by atoms with E-state index in [0.29, 0.717) is 11.3 Å². The standard InChI is InChI=1S/C18H17N3O5/c1-12(17(23)21-14-5-2-4-13(10-14)11-19)26-16(22)7-8-20-18(24)15-6-3-9-25-15/h2-6,9-10,12H,7-8H2,1H3,(H,20,24)(H,21,23)/t12-/m1/s1. The predicted molar refractivity (Wildman–Crippen MR) is 91.0 cm³/mol. The summed E-state index contributed by atoms with van der Waals surface area (Å²) in [5.74, 6) is -1.44. The lowest BCUT2D eigenvalue weighted by atomic mass is 10.2. The number of rotatable bonds is 7. The Labute approximate surface area is 149 Å². The number of ether oxygens (including phenoxy) is 1. The average molecular weight is 355 g/mol. The zero-order chi connectivity index (χ0) is 18.9. The van der Waals surface area contributed by atoms with Crippen molar-refractivity contribution in [2.75, 3.05) is 11.9 Å². The van der Waals surface area contributed by atoms with Crippen LogP contribution in [0.15, 0.2) is 47.1 Å². The van der Waals surface area contributed by atoms with Crippen LogP contribution in [0.1, 0.15) is 29.5 Å². The first-order chi connectivity index (χ1) is 12.5. The summed E-state index contributed by atoms with van der Waals surface area (Å²) in [4.78, 5) is 35.4. The number of carbonyl (C=O) groups excluding carboxylic acids is 3. The molecule has 2 rings (SSSR count). The Morgan fingerprint density at radius 2 is 2.08 bits per heavy atom. The molecule has 0 aliphatic carbocycles. The van der Waals surface area contributed by atoms with Crippen LogP contribution in [0.3, 0.4) is 0 Å². The third kappa shape index (κ3) is 5.49. The Morgan fingerprint density at radius 3 is 2.77 bits per heavy atom. The van der Waals surface area contributed by atoms with E-state index >= 15 is 0 Å². The molecular weight excluding hydrogens is 338 g/mol. The maximum atomic E-state index is 12.0. The van der Waals surface area contributed by atoms with E-state index in [-0.39, 0.29) is 18.7 Å². The lowest BCUT2D eigenvalue weighted by Crippen LogP contribution is -2.32. The molecule has 0 bridgehead atoms. The van der Waals surface area contributed by atoms with Gasteiger partial charge in [-0.25, -0.2) is 0 Å². The van der Waals surface area contributed by atoms with Gasteiger partial charge < -0.3 is 19.8 Å². The van der Waals surface area contributed by atoms with E-state index < -0.39 is 23.9 Å². The first-order valence-corrected chi connectivity index (χ1v) is 7.82. The van der Waals surface area contributed by atoms with Crippen molar-refractivity contribution in [3.63, 3.8) is 0 Å². The quantitative estimate of drug-likeness (QED) is 0.731. The summed E-state index contributed by atoms with van der Waals surface area (Å²) in [7, 11) is 0. The Morgan fingerprint density at radius 1 is 1.27 bits per heavy atom. The number of benzene rings is 1. The number of nitriles is 1. The van der Waals surface area contributed by atoms with Crippen molar-refractivity contribution in [1.29, 1.82) is 5.26 Å². The summed E-state index contributed by atoms with van der Waals surface area (Å²) in [6.45, 7) is 1.49. The normalized spacial score (nSPS) is 11.1. The highest BCUT2D eigenvalue weighted by Gasteiger charge is 2.18. The molecule has 0 radical (unpaired) electrons. The molecule has 0 saturated carbocycles. The van der Waals surface area contributed by atoms with Crippen LogP contribution in [0.4, 0.5) is 5.69 Å². The molecule has 0 unspecified atom stereocenters. The number of hydrogen-bond donors (Lipinski definition) is 2. The van der Waals surface area contributed by atoms with Crippen LogP contribution in [-0.4, -0.2) is 30.4 Å². The molecule has 1 heterocycles. The van der Waals surface area contributed by atoms with Crippen LogP contribution >= 0.6 is 0 Å². The van der Waals surface area contributed by atoms with Crippen LogP contribution in [0.2, 0.25) is 0 Å². The molecule has 0 aliphatic heterocycles. The van der Waals surface area contributed by atoms with Gasteiger partial charge in [-0.3, -0.25) is 14.4 Å². The number of amides is 2.